The Hall–Kier alpha value is -0.340. The SMILES string of the molecule is C/C(=C\C(N)O)CCC[C@H](C)CCC[C@H](C)CCCC(C)C. The van der Waals surface area contributed by atoms with Gasteiger partial charge in [-0.1, -0.05) is 78.2 Å². The molecule has 0 aromatic heterocycles. The fourth-order valence-electron chi connectivity index (χ4n) is 3.08. The predicted octanol–water partition coefficient (Wildman–Crippen LogP) is 5.65. The first-order valence-electron chi connectivity index (χ1n) is 9.42. The van der Waals surface area contributed by atoms with Crippen LogP contribution in [0.15, 0.2) is 11.6 Å². The van der Waals surface area contributed by atoms with E-state index in [2.05, 4.69) is 34.6 Å². The van der Waals surface area contributed by atoms with Crippen molar-refractivity contribution in [2.24, 2.45) is 23.5 Å². The van der Waals surface area contributed by atoms with Crippen LogP contribution >= 0.6 is 0 Å². The molecule has 0 rings (SSSR count). The molecule has 132 valence electrons. The molecular weight excluding hydrogens is 270 g/mol. The standard InChI is InChI=1S/C20H41NO/c1-16(2)9-6-10-17(3)11-7-12-18(4)13-8-14-19(5)15-20(21)22/h15-18,20,22H,6-14,21H2,1-5H3/b19-15+/t17-,18-,20?/m1/s1. The van der Waals surface area contributed by atoms with Gasteiger partial charge in [0.2, 0.25) is 0 Å². The number of allylic oxidation sites excluding steroid dienone is 1. The second-order valence-corrected chi connectivity index (χ2v) is 7.86. The molecule has 0 spiro atoms. The minimum Gasteiger partial charge on any atom is -0.375 e. The van der Waals surface area contributed by atoms with Gasteiger partial charge in [0.15, 0.2) is 0 Å². The number of hydrogen-bond donors (Lipinski definition) is 2. The predicted molar refractivity (Wildman–Crippen MR) is 98.7 cm³/mol. The number of aliphatic hydroxyl groups is 1. The highest BCUT2D eigenvalue weighted by atomic mass is 16.3. The van der Waals surface area contributed by atoms with Gasteiger partial charge in [-0.25, -0.2) is 0 Å². The Labute approximate surface area is 139 Å². The zero-order valence-electron chi connectivity index (χ0n) is 15.8. The zero-order chi connectivity index (χ0) is 17.0. The van der Waals surface area contributed by atoms with Crippen molar-refractivity contribution in [3.63, 3.8) is 0 Å². The lowest BCUT2D eigenvalue weighted by Crippen LogP contribution is -2.15. The van der Waals surface area contributed by atoms with Gasteiger partial charge in [0.05, 0.1) is 0 Å². The highest BCUT2D eigenvalue weighted by Gasteiger charge is 2.06. The Balaban J connectivity index is 3.58. The smallest absolute Gasteiger partial charge is 0.121 e. The second kappa shape index (κ2) is 13.1. The van der Waals surface area contributed by atoms with Crippen molar-refractivity contribution < 1.29 is 5.11 Å². The van der Waals surface area contributed by atoms with Crippen LogP contribution < -0.4 is 5.73 Å². The van der Waals surface area contributed by atoms with Crippen molar-refractivity contribution in [3.8, 4) is 0 Å². The molecule has 22 heavy (non-hydrogen) atoms. The van der Waals surface area contributed by atoms with E-state index in [9.17, 15) is 0 Å². The first-order chi connectivity index (χ1) is 10.3. The first kappa shape index (κ1) is 21.7. The van der Waals surface area contributed by atoms with E-state index in [1.807, 2.05) is 0 Å². The van der Waals surface area contributed by atoms with Gasteiger partial charge in [-0.15, -0.1) is 0 Å². The molecule has 0 aliphatic heterocycles. The van der Waals surface area contributed by atoms with Crippen LogP contribution in [0.2, 0.25) is 0 Å². The summed E-state index contributed by atoms with van der Waals surface area (Å²) < 4.78 is 0. The molecule has 3 atom stereocenters. The van der Waals surface area contributed by atoms with Crippen molar-refractivity contribution in [2.75, 3.05) is 0 Å². The summed E-state index contributed by atoms with van der Waals surface area (Å²) in [6.45, 7) is 11.5. The highest BCUT2D eigenvalue weighted by Crippen LogP contribution is 2.22. The summed E-state index contributed by atoms with van der Waals surface area (Å²) in [6.07, 6.45) is 12.8. The maximum absolute atomic E-state index is 9.09. The number of hydrogen-bond acceptors (Lipinski definition) is 2. The van der Waals surface area contributed by atoms with Crippen LogP contribution in [0.25, 0.3) is 0 Å². The van der Waals surface area contributed by atoms with Crippen LogP contribution in [0.3, 0.4) is 0 Å². The third-order valence-electron chi connectivity index (χ3n) is 4.60. The largest absolute Gasteiger partial charge is 0.375 e. The fraction of sp³-hybridized carbons (Fsp3) is 0.900. The van der Waals surface area contributed by atoms with E-state index >= 15 is 0 Å². The fourth-order valence-corrected chi connectivity index (χ4v) is 3.08. The average molecular weight is 312 g/mol. The normalized spacial score (nSPS) is 16.8. The third kappa shape index (κ3) is 14.6. The highest BCUT2D eigenvalue weighted by molar-refractivity contribution is 5.00. The number of rotatable bonds is 13. The summed E-state index contributed by atoms with van der Waals surface area (Å²) in [4.78, 5) is 0. The van der Waals surface area contributed by atoms with Crippen LogP contribution in [-0.4, -0.2) is 11.3 Å². The molecule has 0 saturated heterocycles. The molecule has 0 aromatic rings. The monoisotopic (exact) mass is 311 g/mol. The Morgan fingerprint density at radius 2 is 1.32 bits per heavy atom. The molecule has 0 aromatic carbocycles. The van der Waals surface area contributed by atoms with E-state index in [0.29, 0.717) is 0 Å². The van der Waals surface area contributed by atoms with E-state index in [0.717, 1.165) is 24.2 Å². The van der Waals surface area contributed by atoms with Gasteiger partial charge < -0.3 is 10.8 Å². The Morgan fingerprint density at radius 3 is 1.77 bits per heavy atom. The van der Waals surface area contributed by atoms with E-state index < -0.39 is 6.23 Å². The van der Waals surface area contributed by atoms with Gasteiger partial charge in [0, 0.05) is 0 Å². The molecule has 0 radical (unpaired) electrons. The van der Waals surface area contributed by atoms with Crippen LogP contribution in [0.5, 0.6) is 0 Å². The van der Waals surface area contributed by atoms with Gasteiger partial charge in [0.25, 0.3) is 0 Å². The molecule has 0 saturated carbocycles. The molecule has 0 bridgehead atoms. The molecule has 2 nitrogen and oxygen atoms in total. The van der Waals surface area contributed by atoms with E-state index in [4.69, 9.17) is 10.8 Å². The van der Waals surface area contributed by atoms with Crippen molar-refractivity contribution in [2.45, 2.75) is 98.6 Å². The number of aliphatic hydroxyl groups excluding tert-OH is 1. The average Bonchev–Trinajstić information content (AvgIpc) is 2.37. The maximum atomic E-state index is 9.09. The van der Waals surface area contributed by atoms with Gasteiger partial charge in [-0.3, -0.25) is 0 Å². The zero-order valence-corrected chi connectivity index (χ0v) is 15.8. The summed E-state index contributed by atoms with van der Waals surface area (Å²) in [5.41, 5.74) is 6.56. The van der Waals surface area contributed by atoms with Gasteiger partial charge in [-0.2, -0.15) is 0 Å². The molecule has 0 amide bonds. The third-order valence-corrected chi connectivity index (χ3v) is 4.60. The van der Waals surface area contributed by atoms with E-state index in [-0.39, 0.29) is 0 Å². The van der Waals surface area contributed by atoms with Crippen molar-refractivity contribution in [1.29, 1.82) is 0 Å². The molecule has 3 N–H and O–H groups in total. The lowest BCUT2D eigenvalue weighted by molar-refractivity contribution is 0.230. The quantitative estimate of drug-likeness (QED) is 0.341. The lowest BCUT2D eigenvalue weighted by atomic mass is 9.91. The number of nitrogens with two attached hydrogens (primary N) is 1. The van der Waals surface area contributed by atoms with E-state index in [1.54, 1.807) is 6.08 Å². The summed E-state index contributed by atoms with van der Waals surface area (Å²) in [5.74, 6) is 2.56. The van der Waals surface area contributed by atoms with Crippen molar-refractivity contribution in [3.05, 3.63) is 11.6 Å². The minimum absolute atomic E-state index is 0.797. The molecule has 0 heterocycles. The van der Waals surface area contributed by atoms with Crippen LogP contribution in [0.4, 0.5) is 0 Å². The Kier molecular flexibility index (Phi) is 12.9. The van der Waals surface area contributed by atoms with Crippen LogP contribution in [0, 0.1) is 17.8 Å². The second-order valence-electron chi connectivity index (χ2n) is 7.86. The molecule has 2 heteroatoms. The van der Waals surface area contributed by atoms with Gasteiger partial charge in [0.1, 0.15) is 6.23 Å². The van der Waals surface area contributed by atoms with E-state index in [1.165, 1.54) is 56.9 Å². The summed E-state index contributed by atoms with van der Waals surface area (Å²) >= 11 is 0. The Bertz CT molecular complexity index is 283. The maximum Gasteiger partial charge on any atom is 0.121 e. The first-order valence-corrected chi connectivity index (χ1v) is 9.42. The van der Waals surface area contributed by atoms with Gasteiger partial charge in [-0.05, 0) is 43.6 Å². The van der Waals surface area contributed by atoms with Crippen molar-refractivity contribution >= 4 is 0 Å². The minimum atomic E-state index is -0.797. The molecule has 0 aliphatic rings. The van der Waals surface area contributed by atoms with Crippen LogP contribution in [0.1, 0.15) is 92.4 Å². The Morgan fingerprint density at radius 1 is 0.864 bits per heavy atom. The molecular formula is C20H41NO. The molecule has 0 fully saturated rings. The van der Waals surface area contributed by atoms with Crippen molar-refractivity contribution in [1.82, 2.24) is 0 Å². The molecule has 1 unspecified atom stereocenters. The summed E-state index contributed by atoms with van der Waals surface area (Å²) in [6, 6.07) is 0. The topological polar surface area (TPSA) is 46.2 Å². The summed E-state index contributed by atoms with van der Waals surface area (Å²) in [5, 5.41) is 9.09. The lowest BCUT2D eigenvalue weighted by Gasteiger charge is -2.15. The van der Waals surface area contributed by atoms with Gasteiger partial charge >= 0.3 is 0 Å². The van der Waals surface area contributed by atoms with Crippen LogP contribution in [-0.2, 0) is 0 Å². The molecule has 0 aliphatic carbocycles. The summed E-state index contributed by atoms with van der Waals surface area (Å²) in [7, 11) is 0.